The van der Waals surface area contributed by atoms with E-state index in [0.717, 1.165) is 12.0 Å². The molecule has 0 N–H and O–H groups in total. The fraction of sp³-hybridized carbons (Fsp3) is 1.00. The van der Waals surface area contributed by atoms with Crippen LogP contribution in [0.4, 0.5) is 0 Å². The lowest BCUT2D eigenvalue weighted by Crippen LogP contribution is -2.21. The third-order valence-electron chi connectivity index (χ3n) is 2.10. The van der Waals surface area contributed by atoms with Crippen LogP contribution in [0.3, 0.4) is 0 Å². The lowest BCUT2D eigenvalue weighted by Gasteiger charge is -2.12. The zero-order valence-corrected chi connectivity index (χ0v) is 10.0. The van der Waals surface area contributed by atoms with Crippen molar-refractivity contribution in [3.05, 3.63) is 0 Å². The predicted molar refractivity (Wildman–Crippen MR) is 58.6 cm³/mol. The van der Waals surface area contributed by atoms with Crippen LogP contribution in [-0.4, -0.2) is 24.5 Å². The van der Waals surface area contributed by atoms with E-state index in [1.165, 1.54) is 13.0 Å². The number of hydrogen-bond acceptors (Lipinski definition) is 1. The largest absolute Gasteiger partial charge is 0.303 e. The maximum absolute atomic E-state index is 2.42. The molecule has 2 atom stereocenters. The summed E-state index contributed by atoms with van der Waals surface area (Å²) < 4.78 is 0. The zero-order chi connectivity index (χ0) is 10.1. The minimum Gasteiger partial charge on any atom is -0.303 e. The molecule has 76 valence electrons. The van der Waals surface area contributed by atoms with Crippen molar-refractivity contribution in [3.63, 3.8) is 0 Å². The van der Waals surface area contributed by atoms with Gasteiger partial charge in [-0.3, -0.25) is 0 Å². The summed E-state index contributed by atoms with van der Waals surface area (Å²) in [6.07, 6.45) is 1.39. The highest BCUT2D eigenvalue weighted by atomic mass is 15.1. The van der Waals surface area contributed by atoms with Crippen LogP contribution in [0.2, 0.25) is 0 Å². The SMILES string of the molecule is CC.CC.CC1CC(C)N(C)C1. The molecule has 1 rings (SSSR count). The van der Waals surface area contributed by atoms with Gasteiger partial charge in [0.15, 0.2) is 0 Å². The Hall–Kier alpha value is -0.0400. The first-order valence-corrected chi connectivity index (χ1v) is 5.40. The van der Waals surface area contributed by atoms with Crippen LogP contribution in [0.25, 0.3) is 0 Å². The molecule has 0 aromatic rings. The van der Waals surface area contributed by atoms with Gasteiger partial charge in [-0.1, -0.05) is 34.6 Å². The van der Waals surface area contributed by atoms with Gasteiger partial charge in [0.1, 0.15) is 0 Å². The lowest BCUT2D eigenvalue weighted by molar-refractivity contribution is 0.327. The second-order valence-electron chi connectivity index (χ2n) is 3.13. The van der Waals surface area contributed by atoms with Crippen LogP contribution < -0.4 is 0 Å². The van der Waals surface area contributed by atoms with E-state index in [-0.39, 0.29) is 0 Å². The second kappa shape index (κ2) is 9.05. The zero-order valence-electron chi connectivity index (χ0n) is 10.0. The van der Waals surface area contributed by atoms with Crippen LogP contribution in [0.1, 0.15) is 48.0 Å². The summed E-state index contributed by atoms with van der Waals surface area (Å²) in [5.74, 6) is 0.926. The van der Waals surface area contributed by atoms with Crippen molar-refractivity contribution in [2.75, 3.05) is 13.6 Å². The molecule has 0 aromatic carbocycles. The van der Waals surface area contributed by atoms with E-state index in [0.29, 0.717) is 0 Å². The Balaban J connectivity index is 0. The van der Waals surface area contributed by atoms with Gasteiger partial charge in [-0.25, -0.2) is 0 Å². The highest BCUT2D eigenvalue weighted by molar-refractivity contribution is 4.76. The molecule has 0 aliphatic carbocycles. The highest BCUT2D eigenvalue weighted by Gasteiger charge is 2.21. The van der Waals surface area contributed by atoms with Crippen LogP contribution in [-0.2, 0) is 0 Å². The summed E-state index contributed by atoms with van der Waals surface area (Å²) in [5, 5.41) is 0. The Morgan fingerprint density at radius 2 is 1.42 bits per heavy atom. The van der Waals surface area contributed by atoms with Gasteiger partial charge >= 0.3 is 0 Å². The van der Waals surface area contributed by atoms with Crippen molar-refractivity contribution < 1.29 is 0 Å². The second-order valence-corrected chi connectivity index (χ2v) is 3.13. The molecule has 12 heavy (non-hydrogen) atoms. The van der Waals surface area contributed by atoms with Crippen molar-refractivity contribution in [3.8, 4) is 0 Å². The fourth-order valence-electron chi connectivity index (χ4n) is 1.51. The van der Waals surface area contributed by atoms with Crippen molar-refractivity contribution >= 4 is 0 Å². The van der Waals surface area contributed by atoms with Gasteiger partial charge in [-0.05, 0) is 26.3 Å². The van der Waals surface area contributed by atoms with Gasteiger partial charge in [-0.15, -0.1) is 0 Å². The lowest BCUT2D eigenvalue weighted by atomic mass is 10.1. The first-order chi connectivity index (χ1) is 5.70. The summed E-state index contributed by atoms with van der Waals surface area (Å²) in [4.78, 5) is 2.42. The molecule has 1 aliphatic rings. The van der Waals surface area contributed by atoms with E-state index in [1.807, 2.05) is 27.7 Å². The van der Waals surface area contributed by atoms with Gasteiger partial charge in [0.25, 0.3) is 0 Å². The highest BCUT2D eigenvalue weighted by Crippen LogP contribution is 2.19. The molecule has 0 bridgehead atoms. The number of likely N-dealkylation sites (tertiary alicyclic amines) is 1. The van der Waals surface area contributed by atoms with Crippen molar-refractivity contribution in [1.82, 2.24) is 4.90 Å². The molecule has 1 aliphatic heterocycles. The molecule has 1 heteroatoms. The average Bonchev–Trinajstić information content (AvgIpc) is 2.37. The topological polar surface area (TPSA) is 3.24 Å². The Morgan fingerprint density at radius 3 is 1.50 bits per heavy atom. The van der Waals surface area contributed by atoms with E-state index in [4.69, 9.17) is 0 Å². The average molecular weight is 173 g/mol. The molecule has 1 nitrogen and oxygen atoms in total. The third-order valence-corrected chi connectivity index (χ3v) is 2.10. The molecule has 2 unspecified atom stereocenters. The molecular formula is C11H27N. The minimum absolute atomic E-state index is 0.824. The van der Waals surface area contributed by atoms with Crippen LogP contribution >= 0.6 is 0 Å². The number of hydrogen-bond donors (Lipinski definition) is 0. The van der Waals surface area contributed by atoms with Gasteiger partial charge in [0, 0.05) is 12.6 Å². The molecular weight excluding hydrogens is 146 g/mol. The molecule has 0 amide bonds. The molecule has 0 radical (unpaired) electrons. The van der Waals surface area contributed by atoms with Crippen molar-refractivity contribution in [2.45, 2.75) is 54.0 Å². The summed E-state index contributed by atoms with van der Waals surface area (Å²) in [6, 6.07) is 0.824. The summed E-state index contributed by atoms with van der Waals surface area (Å²) in [5.41, 5.74) is 0. The van der Waals surface area contributed by atoms with E-state index in [2.05, 4.69) is 25.8 Å². The monoisotopic (exact) mass is 173 g/mol. The Bertz CT molecular complexity index is 71.1. The Morgan fingerprint density at radius 1 is 1.00 bits per heavy atom. The molecule has 1 fully saturated rings. The van der Waals surface area contributed by atoms with Gasteiger partial charge in [-0.2, -0.15) is 0 Å². The standard InChI is InChI=1S/C7H15N.2C2H6/c1-6-4-7(2)8(3)5-6;2*1-2/h6-7H,4-5H2,1-3H3;2*1-2H3. The van der Waals surface area contributed by atoms with Crippen LogP contribution in [0, 0.1) is 5.92 Å². The van der Waals surface area contributed by atoms with Crippen LogP contribution in [0.5, 0.6) is 0 Å². The minimum atomic E-state index is 0.824. The van der Waals surface area contributed by atoms with E-state index < -0.39 is 0 Å². The molecule has 0 aromatic heterocycles. The normalized spacial score (nSPS) is 28.2. The molecule has 0 spiro atoms. The number of nitrogens with zero attached hydrogens (tertiary/aromatic N) is 1. The van der Waals surface area contributed by atoms with Crippen molar-refractivity contribution in [1.29, 1.82) is 0 Å². The molecule has 0 saturated carbocycles. The molecule has 1 heterocycles. The summed E-state index contributed by atoms with van der Waals surface area (Å²) in [7, 11) is 2.20. The predicted octanol–water partition coefficient (Wildman–Crippen LogP) is 3.40. The quantitative estimate of drug-likeness (QED) is 0.542. The molecule has 1 saturated heterocycles. The van der Waals surface area contributed by atoms with Gasteiger partial charge < -0.3 is 4.90 Å². The van der Waals surface area contributed by atoms with Gasteiger partial charge in [0.2, 0.25) is 0 Å². The van der Waals surface area contributed by atoms with Crippen molar-refractivity contribution in [2.24, 2.45) is 5.92 Å². The van der Waals surface area contributed by atoms with E-state index in [1.54, 1.807) is 0 Å². The third kappa shape index (κ3) is 5.59. The van der Waals surface area contributed by atoms with E-state index in [9.17, 15) is 0 Å². The summed E-state index contributed by atoms with van der Waals surface area (Å²) in [6.45, 7) is 13.9. The number of rotatable bonds is 0. The van der Waals surface area contributed by atoms with Crippen LogP contribution in [0.15, 0.2) is 0 Å². The smallest absolute Gasteiger partial charge is 0.00670 e. The Labute approximate surface area is 79.2 Å². The van der Waals surface area contributed by atoms with E-state index >= 15 is 0 Å². The summed E-state index contributed by atoms with van der Waals surface area (Å²) >= 11 is 0. The maximum Gasteiger partial charge on any atom is 0.00670 e. The Kier molecular flexibility index (Phi) is 10.9. The first kappa shape index (κ1) is 14.5. The maximum atomic E-state index is 2.42. The fourth-order valence-corrected chi connectivity index (χ4v) is 1.51. The first-order valence-electron chi connectivity index (χ1n) is 5.40. The van der Waals surface area contributed by atoms with Gasteiger partial charge in [0.05, 0.1) is 0 Å².